The van der Waals surface area contributed by atoms with Gasteiger partial charge in [-0.2, -0.15) is 0 Å². The third-order valence-corrected chi connectivity index (χ3v) is 2.87. The van der Waals surface area contributed by atoms with E-state index in [0.717, 1.165) is 12.0 Å². The van der Waals surface area contributed by atoms with Gasteiger partial charge in [0.2, 0.25) is 0 Å². The Morgan fingerprint density at radius 3 is 2.71 bits per heavy atom. The van der Waals surface area contributed by atoms with Gasteiger partial charge in [0.15, 0.2) is 0 Å². The average molecular weight is 275 g/mol. The largest absolute Gasteiger partial charge is 0.338 e. The van der Waals surface area contributed by atoms with Crippen LogP contribution in [0.3, 0.4) is 0 Å². The molecule has 0 saturated heterocycles. The van der Waals surface area contributed by atoms with Gasteiger partial charge < -0.3 is 10.6 Å². The smallest absolute Gasteiger partial charge is 0.315 e. The summed E-state index contributed by atoms with van der Waals surface area (Å²) in [7, 11) is 0. The van der Waals surface area contributed by atoms with Gasteiger partial charge in [0.25, 0.3) is 0 Å². The van der Waals surface area contributed by atoms with E-state index in [1.165, 1.54) is 0 Å². The quantitative estimate of drug-likeness (QED) is 0.863. The molecule has 0 heterocycles. The van der Waals surface area contributed by atoms with Gasteiger partial charge in [0, 0.05) is 16.6 Å². The van der Waals surface area contributed by atoms with Crippen LogP contribution >= 0.6 is 23.2 Å². The van der Waals surface area contributed by atoms with Crippen LogP contribution in [-0.2, 0) is 0 Å². The van der Waals surface area contributed by atoms with E-state index in [-0.39, 0.29) is 12.1 Å². The van der Waals surface area contributed by atoms with Gasteiger partial charge in [-0.25, -0.2) is 4.79 Å². The topological polar surface area (TPSA) is 41.1 Å². The molecule has 1 aromatic rings. The van der Waals surface area contributed by atoms with Crippen LogP contribution in [0, 0.1) is 0 Å². The summed E-state index contributed by atoms with van der Waals surface area (Å²) < 4.78 is 0. The number of carbonyl (C=O) groups excluding carboxylic acids is 1. The number of carbonyl (C=O) groups is 1. The minimum atomic E-state index is -0.189. The van der Waals surface area contributed by atoms with Crippen LogP contribution in [0.25, 0.3) is 0 Å². The maximum Gasteiger partial charge on any atom is 0.315 e. The third-order valence-electron chi connectivity index (χ3n) is 2.31. The second-order valence-corrected chi connectivity index (χ2v) is 4.63. The monoisotopic (exact) mass is 274 g/mol. The van der Waals surface area contributed by atoms with Crippen LogP contribution in [-0.4, -0.2) is 12.6 Å². The minimum absolute atomic E-state index is 0.156. The number of amides is 2. The lowest BCUT2D eigenvalue weighted by molar-refractivity contribution is 0.238. The van der Waals surface area contributed by atoms with Crippen molar-refractivity contribution in [3.8, 4) is 0 Å². The second kappa shape index (κ2) is 6.72. The van der Waals surface area contributed by atoms with Gasteiger partial charge in [0.1, 0.15) is 0 Å². The SMILES string of the molecule is CCCNC(=O)N[C@H](C)c1ccc(Cl)cc1Cl. The zero-order valence-electron chi connectivity index (χ0n) is 9.89. The molecule has 1 aromatic carbocycles. The van der Waals surface area contributed by atoms with Crippen LogP contribution in [0.5, 0.6) is 0 Å². The number of hydrogen-bond donors (Lipinski definition) is 2. The molecule has 0 radical (unpaired) electrons. The fraction of sp³-hybridized carbons (Fsp3) is 0.417. The van der Waals surface area contributed by atoms with Gasteiger partial charge in [-0.1, -0.05) is 36.2 Å². The summed E-state index contributed by atoms with van der Waals surface area (Å²) in [5.41, 5.74) is 0.850. The van der Waals surface area contributed by atoms with Crippen molar-refractivity contribution in [1.82, 2.24) is 10.6 Å². The highest BCUT2D eigenvalue weighted by Gasteiger charge is 2.12. The summed E-state index contributed by atoms with van der Waals surface area (Å²) in [5, 5.41) is 6.70. The molecule has 1 rings (SSSR count). The first-order valence-corrected chi connectivity index (χ1v) is 6.29. The maximum absolute atomic E-state index is 11.5. The molecule has 2 amide bonds. The summed E-state index contributed by atoms with van der Waals surface area (Å²) in [6.07, 6.45) is 0.906. The standard InChI is InChI=1S/C12H16Cl2N2O/c1-3-6-15-12(17)16-8(2)10-5-4-9(13)7-11(10)14/h4-5,7-8H,3,6H2,1-2H3,(H2,15,16,17)/t8-/m1/s1. The van der Waals surface area contributed by atoms with E-state index in [1.807, 2.05) is 19.9 Å². The lowest BCUT2D eigenvalue weighted by atomic mass is 10.1. The zero-order valence-corrected chi connectivity index (χ0v) is 11.4. The first-order chi connectivity index (χ1) is 8.04. The van der Waals surface area contributed by atoms with E-state index in [2.05, 4.69) is 10.6 Å². The number of benzene rings is 1. The first-order valence-electron chi connectivity index (χ1n) is 5.54. The Balaban J connectivity index is 2.63. The Bertz CT molecular complexity index is 396. The number of urea groups is 1. The van der Waals surface area contributed by atoms with Crippen molar-refractivity contribution in [3.63, 3.8) is 0 Å². The lowest BCUT2D eigenvalue weighted by Gasteiger charge is -2.16. The lowest BCUT2D eigenvalue weighted by Crippen LogP contribution is -2.37. The van der Waals surface area contributed by atoms with Gasteiger partial charge in [-0.15, -0.1) is 0 Å². The molecular formula is C12H16Cl2N2O. The van der Waals surface area contributed by atoms with E-state index in [1.54, 1.807) is 12.1 Å². The molecule has 3 nitrogen and oxygen atoms in total. The number of nitrogens with one attached hydrogen (secondary N) is 2. The molecule has 17 heavy (non-hydrogen) atoms. The Labute approximate surface area is 111 Å². The van der Waals surface area contributed by atoms with Crippen LogP contribution in [0.15, 0.2) is 18.2 Å². The fourth-order valence-corrected chi connectivity index (χ4v) is 1.99. The summed E-state index contributed by atoms with van der Waals surface area (Å²) in [6, 6.07) is 4.89. The molecule has 0 aliphatic rings. The number of hydrogen-bond acceptors (Lipinski definition) is 1. The predicted molar refractivity (Wildman–Crippen MR) is 71.7 cm³/mol. The average Bonchev–Trinajstić information content (AvgIpc) is 2.26. The highest BCUT2D eigenvalue weighted by atomic mass is 35.5. The first kappa shape index (κ1) is 14.1. The van der Waals surface area contributed by atoms with Crippen LogP contribution in [0.2, 0.25) is 10.0 Å². The van der Waals surface area contributed by atoms with Crippen molar-refractivity contribution < 1.29 is 4.79 Å². The molecule has 0 unspecified atom stereocenters. The number of halogens is 2. The zero-order chi connectivity index (χ0) is 12.8. The maximum atomic E-state index is 11.5. The van der Waals surface area contributed by atoms with Crippen molar-refractivity contribution in [3.05, 3.63) is 33.8 Å². The Hall–Kier alpha value is -0.930. The highest BCUT2D eigenvalue weighted by Crippen LogP contribution is 2.25. The van der Waals surface area contributed by atoms with Crippen molar-refractivity contribution in [1.29, 1.82) is 0 Å². The highest BCUT2D eigenvalue weighted by molar-refractivity contribution is 6.35. The van der Waals surface area contributed by atoms with E-state index in [0.29, 0.717) is 16.6 Å². The molecule has 0 bridgehead atoms. The molecule has 0 aromatic heterocycles. The molecule has 2 N–H and O–H groups in total. The summed E-state index contributed by atoms with van der Waals surface area (Å²) >= 11 is 11.9. The minimum Gasteiger partial charge on any atom is -0.338 e. The second-order valence-electron chi connectivity index (χ2n) is 3.79. The molecule has 94 valence electrons. The van der Waals surface area contributed by atoms with Crippen LogP contribution in [0.1, 0.15) is 31.9 Å². The Morgan fingerprint density at radius 2 is 2.12 bits per heavy atom. The van der Waals surface area contributed by atoms with Gasteiger partial charge in [0.05, 0.1) is 6.04 Å². The van der Waals surface area contributed by atoms with Gasteiger partial charge in [-0.3, -0.25) is 0 Å². The molecule has 0 aliphatic carbocycles. The Morgan fingerprint density at radius 1 is 1.41 bits per heavy atom. The Kier molecular flexibility index (Phi) is 5.59. The van der Waals surface area contributed by atoms with E-state index in [4.69, 9.17) is 23.2 Å². The predicted octanol–water partition coefficient (Wildman–Crippen LogP) is 3.76. The molecule has 0 fully saturated rings. The fourth-order valence-electron chi connectivity index (χ4n) is 1.42. The van der Waals surface area contributed by atoms with Crippen LogP contribution in [0.4, 0.5) is 4.79 Å². The van der Waals surface area contributed by atoms with Crippen molar-refractivity contribution in [2.24, 2.45) is 0 Å². The van der Waals surface area contributed by atoms with E-state index in [9.17, 15) is 4.79 Å². The van der Waals surface area contributed by atoms with E-state index < -0.39 is 0 Å². The van der Waals surface area contributed by atoms with Crippen LogP contribution < -0.4 is 10.6 Å². The van der Waals surface area contributed by atoms with Crippen molar-refractivity contribution >= 4 is 29.2 Å². The summed E-state index contributed by atoms with van der Waals surface area (Å²) in [5.74, 6) is 0. The molecular weight excluding hydrogens is 259 g/mol. The third kappa shape index (κ3) is 4.44. The normalized spacial score (nSPS) is 12.0. The molecule has 0 aliphatic heterocycles. The molecule has 0 spiro atoms. The van der Waals surface area contributed by atoms with Crippen molar-refractivity contribution in [2.75, 3.05) is 6.54 Å². The molecule has 0 saturated carbocycles. The van der Waals surface area contributed by atoms with Gasteiger partial charge >= 0.3 is 6.03 Å². The molecule has 5 heteroatoms. The van der Waals surface area contributed by atoms with E-state index >= 15 is 0 Å². The number of rotatable bonds is 4. The summed E-state index contributed by atoms with van der Waals surface area (Å²) in [4.78, 5) is 11.5. The van der Waals surface area contributed by atoms with Crippen molar-refractivity contribution in [2.45, 2.75) is 26.3 Å². The van der Waals surface area contributed by atoms with Gasteiger partial charge in [-0.05, 0) is 31.0 Å². The molecule has 1 atom stereocenters. The summed E-state index contributed by atoms with van der Waals surface area (Å²) in [6.45, 7) is 4.54.